The van der Waals surface area contributed by atoms with Crippen molar-refractivity contribution in [1.29, 1.82) is 0 Å². The monoisotopic (exact) mass is 254 g/mol. The molecule has 1 unspecified atom stereocenters. The number of aryl methyl sites for hydroxylation is 1. The SMILES string of the molecule is CCc1ccc(CC(C)(N)Cc2ccccc2)nc1. The Labute approximate surface area is 115 Å². The Morgan fingerprint density at radius 1 is 1.00 bits per heavy atom. The fraction of sp³-hybridized carbons (Fsp3) is 0.353. The average Bonchev–Trinajstić information content (AvgIpc) is 2.39. The summed E-state index contributed by atoms with van der Waals surface area (Å²) in [6, 6.07) is 14.6. The smallest absolute Gasteiger partial charge is 0.0422 e. The standard InChI is InChI=1S/C17H22N2/c1-3-14-9-10-16(19-13-14)12-17(2,18)11-15-7-5-4-6-8-15/h4-10,13H,3,11-12,18H2,1-2H3. The minimum absolute atomic E-state index is 0.262. The summed E-state index contributed by atoms with van der Waals surface area (Å²) in [4.78, 5) is 4.50. The molecular weight excluding hydrogens is 232 g/mol. The molecule has 2 heteroatoms. The number of benzene rings is 1. The maximum Gasteiger partial charge on any atom is 0.0422 e. The minimum atomic E-state index is -0.262. The van der Waals surface area contributed by atoms with E-state index >= 15 is 0 Å². The summed E-state index contributed by atoms with van der Waals surface area (Å²) in [7, 11) is 0. The first-order valence-electron chi connectivity index (χ1n) is 6.86. The lowest BCUT2D eigenvalue weighted by Crippen LogP contribution is -2.41. The van der Waals surface area contributed by atoms with Gasteiger partial charge in [0.1, 0.15) is 0 Å². The molecule has 1 aromatic heterocycles. The first-order valence-corrected chi connectivity index (χ1v) is 6.86. The van der Waals surface area contributed by atoms with Gasteiger partial charge < -0.3 is 5.73 Å². The highest BCUT2D eigenvalue weighted by molar-refractivity contribution is 5.20. The van der Waals surface area contributed by atoms with Gasteiger partial charge in [-0.15, -0.1) is 0 Å². The maximum atomic E-state index is 6.41. The molecule has 0 saturated carbocycles. The van der Waals surface area contributed by atoms with Crippen molar-refractivity contribution in [1.82, 2.24) is 4.98 Å². The van der Waals surface area contributed by atoms with Crippen LogP contribution in [-0.2, 0) is 19.3 Å². The molecule has 2 N–H and O–H groups in total. The lowest BCUT2D eigenvalue weighted by atomic mass is 9.89. The molecule has 2 aromatic rings. The number of hydrogen-bond acceptors (Lipinski definition) is 2. The second-order valence-corrected chi connectivity index (χ2v) is 5.50. The van der Waals surface area contributed by atoms with E-state index < -0.39 is 0 Å². The van der Waals surface area contributed by atoms with Gasteiger partial charge in [0, 0.05) is 23.9 Å². The van der Waals surface area contributed by atoms with E-state index in [1.165, 1.54) is 11.1 Å². The summed E-state index contributed by atoms with van der Waals surface area (Å²) in [6.45, 7) is 4.23. The summed E-state index contributed by atoms with van der Waals surface area (Å²) in [5.74, 6) is 0. The molecule has 2 rings (SSSR count). The normalized spacial score (nSPS) is 14.1. The molecule has 1 atom stereocenters. The van der Waals surface area contributed by atoms with Crippen molar-refractivity contribution in [3.8, 4) is 0 Å². The van der Waals surface area contributed by atoms with Crippen LogP contribution in [0, 0.1) is 0 Å². The number of nitrogens with two attached hydrogens (primary N) is 1. The minimum Gasteiger partial charge on any atom is -0.325 e. The lowest BCUT2D eigenvalue weighted by molar-refractivity contribution is 0.457. The summed E-state index contributed by atoms with van der Waals surface area (Å²) in [6.07, 6.45) is 4.64. The molecule has 0 bridgehead atoms. The Bertz CT molecular complexity index is 501. The van der Waals surface area contributed by atoms with Gasteiger partial charge in [-0.25, -0.2) is 0 Å². The molecule has 0 fully saturated rings. The number of hydrogen-bond donors (Lipinski definition) is 1. The molecular formula is C17H22N2. The molecule has 0 amide bonds. The van der Waals surface area contributed by atoms with Crippen molar-refractivity contribution < 1.29 is 0 Å². The number of nitrogens with zero attached hydrogens (tertiary/aromatic N) is 1. The van der Waals surface area contributed by atoms with Crippen molar-refractivity contribution in [3.05, 3.63) is 65.5 Å². The summed E-state index contributed by atoms with van der Waals surface area (Å²) in [5, 5.41) is 0. The summed E-state index contributed by atoms with van der Waals surface area (Å²) >= 11 is 0. The summed E-state index contributed by atoms with van der Waals surface area (Å²) < 4.78 is 0. The average molecular weight is 254 g/mol. The van der Waals surface area contributed by atoms with Crippen LogP contribution in [-0.4, -0.2) is 10.5 Å². The Balaban J connectivity index is 2.03. The van der Waals surface area contributed by atoms with Crippen LogP contribution in [0.25, 0.3) is 0 Å². The Hall–Kier alpha value is -1.67. The van der Waals surface area contributed by atoms with E-state index in [0.29, 0.717) is 0 Å². The number of aromatic nitrogens is 1. The van der Waals surface area contributed by atoms with Crippen LogP contribution in [0.5, 0.6) is 0 Å². The van der Waals surface area contributed by atoms with Gasteiger partial charge >= 0.3 is 0 Å². The van der Waals surface area contributed by atoms with Crippen LogP contribution in [0.3, 0.4) is 0 Å². The third-order valence-corrected chi connectivity index (χ3v) is 3.33. The van der Waals surface area contributed by atoms with E-state index in [-0.39, 0.29) is 5.54 Å². The van der Waals surface area contributed by atoms with Crippen molar-refractivity contribution in [2.45, 2.75) is 38.6 Å². The van der Waals surface area contributed by atoms with Crippen LogP contribution in [0.4, 0.5) is 0 Å². The molecule has 0 spiro atoms. The van der Waals surface area contributed by atoms with Gasteiger partial charge in [0.2, 0.25) is 0 Å². The quantitative estimate of drug-likeness (QED) is 0.890. The van der Waals surface area contributed by atoms with E-state index in [0.717, 1.165) is 25.0 Å². The number of pyridine rings is 1. The Kier molecular flexibility index (Phi) is 4.33. The molecule has 0 aliphatic heterocycles. The fourth-order valence-electron chi connectivity index (χ4n) is 2.31. The van der Waals surface area contributed by atoms with Crippen molar-refractivity contribution in [2.75, 3.05) is 0 Å². The van der Waals surface area contributed by atoms with E-state index in [9.17, 15) is 0 Å². The van der Waals surface area contributed by atoms with Gasteiger partial charge in [0.25, 0.3) is 0 Å². The molecule has 2 nitrogen and oxygen atoms in total. The molecule has 0 aliphatic rings. The van der Waals surface area contributed by atoms with Gasteiger partial charge in [-0.1, -0.05) is 43.3 Å². The predicted molar refractivity (Wildman–Crippen MR) is 80.1 cm³/mol. The van der Waals surface area contributed by atoms with Crippen molar-refractivity contribution >= 4 is 0 Å². The van der Waals surface area contributed by atoms with Crippen LogP contribution >= 0.6 is 0 Å². The topological polar surface area (TPSA) is 38.9 Å². The second-order valence-electron chi connectivity index (χ2n) is 5.50. The van der Waals surface area contributed by atoms with E-state index in [1.54, 1.807) is 0 Å². The third-order valence-electron chi connectivity index (χ3n) is 3.33. The highest BCUT2D eigenvalue weighted by Gasteiger charge is 2.20. The van der Waals surface area contributed by atoms with Crippen molar-refractivity contribution in [3.63, 3.8) is 0 Å². The molecule has 0 saturated heterocycles. The van der Waals surface area contributed by atoms with Gasteiger partial charge in [-0.2, -0.15) is 0 Å². The largest absolute Gasteiger partial charge is 0.325 e. The molecule has 0 aliphatic carbocycles. The fourth-order valence-corrected chi connectivity index (χ4v) is 2.31. The molecule has 100 valence electrons. The molecule has 0 radical (unpaired) electrons. The zero-order chi connectivity index (χ0) is 13.7. The summed E-state index contributed by atoms with van der Waals surface area (Å²) in [5.41, 5.74) is 9.76. The van der Waals surface area contributed by atoms with Gasteiger partial charge in [0.15, 0.2) is 0 Å². The van der Waals surface area contributed by atoms with Gasteiger partial charge in [-0.05, 0) is 37.0 Å². The zero-order valence-electron chi connectivity index (χ0n) is 11.8. The molecule has 1 heterocycles. The number of rotatable bonds is 5. The highest BCUT2D eigenvalue weighted by Crippen LogP contribution is 2.15. The third kappa shape index (κ3) is 4.18. The maximum absolute atomic E-state index is 6.41. The van der Waals surface area contributed by atoms with E-state index in [2.05, 4.69) is 55.2 Å². The lowest BCUT2D eigenvalue weighted by Gasteiger charge is -2.24. The first kappa shape index (κ1) is 13.8. The first-order chi connectivity index (χ1) is 9.09. The molecule has 1 aromatic carbocycles. The van der Waals surface area contributed by atoms with E-state index in [1.807, 2.05) is 12.3 Å². The second kappa shape index (κ2) is 5.98. The van der Waals surface area contributed by atoms with Gasteiger partial charge in [0.05, 0.1) is 0 Å². The van der Waals surface area contributed by atoms with Crippen LogP contribution < -0.4 is 5.73 Å². The van der Waals surface area contributed by atoms with Crippen LogP contribution in [0.2, 0.25) is 0 Å². The highest BCUT2D eigenvalue weighted by atomic mass is 14.8. The van der Waals surface area contributed by atoms with Crippen LogP contribution in [0.15, 0.2) is 48.7 Å². The Morgan fingerprint density at radius 2 is 1.74 bits per heavy atom. The zero-order valence-corrected chi connectivity index (χ0v) is 11.8. The molecule has 19 heavy (non-hydrogen) atoms. The predicted octanol–water partition coefficient (Wildman–Crippen LogP) is 3.15. The van der Waals surface area contributed by atoms with Gasteiger partial charge in [-0.3, -0.25) is 4.98 Å². The van der Waals surface area contributed by atoms with E-state index in [4.69, 9.17) is 5.73 Å². The van der Waals surface area contributed by atoms with Crippen molar-refractivity contribution in [2.24, 2.45) is 5.73 Å². The Morgan fingerprint density at radius 3 is 2.32 bits per heavy atom. The van der Waals surface area contributed by atoms with Crippen LogP contribution in [0.1, 0.15) is 30.7 Å².